The molecule has 1 saturated heterocycles. The molecule has 3 heterocycles. The van der Waals surface area contributed by atoms with Crippen LogP contribution in [-0.2, 0) is 19.4 Å². The highest BCUT2D eigenvalue weighted by atomic mass is 32.1. The van der Waals surface area contributed by atoms with Gasteiger partial charge in [-0.2, -0.15) is 0 Å². The summed E-state index contributed by atoms with van der Waals surface area (Å²) >= 11 is 1.71. The van der Waals surface area contributed by atoms with Gasteiger partial charge in [-0.1, -0.05) is 6.92 Å². The largest absolute Gasteiger partial charge is 0.326 e. The van der Waals surface area contributed by atoms with Gasteiger partial charge < -0.3 is 15.6 Å². The van der Waals surface area contributed by atoms with Gasteiger partial charge in [0, 0.05) is 45.2 Å². The molecule has 176 valence electrons. The third kappa shape index (κ3) is 5.96. The Balaban J connectivity index is 1.50. The molecule has 1 fully saturated rings. The summed E-state index contributed by atoms with van der Waals surface area (Å²) in [5, 5.41) is 7.08. The third-order valence-corrected chi connectivity index (χ3v) is 7.61. The fourth-order valence-corrected chi connectivity index (χ4v) is 5.70. The molecule has 1 atom stereocenters. The second-order valence-electron chi connectivity index (χ2n) is 8.84. The number of hydrogen-bond donors (Lipinski definition) is 3. The quantitative estimate of drug-likeness (QED) is 0.436. The molecule has 7 heteroatoms. The van der Waals surface area contributed by atoms with Gasteiger partial charge in [-0.15, -0.1) is 11.3 Å². The number of aromatic amines is 1. The standard InChI is InChI=1S/C26H31F2N3OS/c1-3-18-13-23(16(2)31-26(18)32)25-5-4-22(33-25)15-30-24(19-6-8-29-9-7-19)12-17-10-20(27)14-21(28)11-17/h4-5,10-11,13-14,19,24,29-30H,3,6-9,12,15H2,1-2H3,(H,31,32). The number of halogens is 2. The first-order valence-corrected chi connectivity index (χ1v) is 12.5. The lowest BCUT2D eigenvalue weighted by Crippen LogP contribution is -2.42. The van der Waals surface area contributed by atoms with Crippen LogP contribution in [0.5, 0.6) is 0 Å². The molecule has 4 nitrogen and oxygen atoms in total. The minimum atomic E-state index is -0.528. The second-order valence-corrected chi connectivity index (χ2v) is 10.0. The second kappa shape index (κ2) is 10.7. The van der Waals surface area contributed by atoms with E-state index < -0.39 is 11.6 Å². The van der Waals surface area contributed by atoms with E-state index in [9.17, 15) is 13.6 Å². The number of benzene rings is 1. The van der Waals surface area contributed by atoms with Gasteiger partial charge in [-0.25, -0.2) is 8.78 Å². The average Bonchev–Trinajstić information content (AvgIpc) is 3.25. The number of rotatable bonds is 8. The van der Waals surface area contributed by atoms with Crippen molar-refractivity contribution in [3.63, 3.8) is 0 Å². The molecular formula is C26H31F2N3OS. The minimum Gasteiger partial charge on any atom is -0.326 e. The van der Waals surface area contributed by atoms with Gasteiger partial charge in [0.05, 0.1) is 0 Å². The Labute approximate surface area is 197 Å². The van der Waals surface area contributed by atoms with E-state index in [0.29, 0.717) is 30.9 Å². The van der Waals surface area contributed by atoms with Gasteiger partial charge in [0.2, 0.25) is 0 Å². The number of aromatic nitrogens is 1. The number of thiophene rings is 1. The van der Waals surface area contributed by atoms with Crippen molar-refractivity contribution >= 4 is 11.3 Å². The summed E-state index contributed by atoms with van der Waals surface area (Å²) in [4.78, 5) is 17.3. The van der Waals surface area contributed by atoms with Crippen LogP contribution < -0.4 is 16.2 Å². The Bertz CT molecular complexity index is 1130. The van der Waals surface area contributed by atoms with Gasteiger partial charge >= 0.3 is 0 Å². The van der Waals surface area contributed by atoms with Crippen LogP contribution in [0, 0.1) is 24.5 Å². The fourth-order valence-electron chi connectivity index (χ4n) is 4.67. The monoisotopic (exact) mass is 471 g/mol. The van der Waals surface area contributed by atoms with Gasteiger partial charge in [-0.3, -0.25) is 4.79 Å². The van der Waals surface area contributed by atoms with E-state index >= 15 is 0 Å². The summed E-state index contributed by atoms with van der Waals surface area (Å²) in [6.45, 7) is 6.54. The Morgan fingerprint density at radius 1 is 1.12 bits per heavy atom. The van der Waals surface area contributed by atoms with Crippen LogP contribution in [0.3, 0.4) is 0 Å². The van der Waals surface area contributed by atoms with Crippen LogP contribution in [0.4, 0.5) is 8.78 Å². The van der Waals surface area contributed by atoms with E-state index in [4.69, 9.17) is 0 Å². The highest BCUT2D eigenvalue weighted by Gasteiger charge is 2.24. The first kappa shape index (κ1) is 23.8. The van der Waals surface area contributed by atoms with Gasteiger partial charge in [-0.05, 0) is 87.5 Å². The molecule has 1 unspecified atom stereocenters. The van der Waals surface area contributed by atoms with Crippen LogP contribution in [0.1, 0.15) is 41.5 Å². The first-order chi connectivity index (χ1) is 15.9. The maximum atomic E-state index is 13.8. The zero-order valence-electron chi connectivity index (χ0n) is 19.1. The number of piperidine rings is 1. The number of H-pyrrole nitrogens is 1. The molecule has 0 saturated carbocycles. The predicted molar refractivity (Wildman–Crippen MR) is 131 cm³/mol. The third-order valence-electron chi connectivity index (χ3n) is 6.49. The Hall–Kier alpha value is -2.35. The Morgan fingerprint density at radius 2 is 1.85 bits per heavy atom. The normalized spacial score (nSPS) is 15.6. The molecule has 1 aliphatic rings. The molecule has 0 aliphatic carbocycles. The van der Waals surface area contributed by atoms with Crippen molar-refractivity contribution in [3.8, 4) is 10.4 Å². The molecule has 1 aromatic carbocycles. The molecule has 0 bridgehead atoms. The maximum absolute atomic E-state index is 13.8. The van der Waals surface area contributed by atoms with Crippen molar-refractivity contribution in [1.29, 1.82) is 0 Å². The van der Waals surface area contributed by atoms with Gasteiger partial charge in [0.1, 0.15) is 11.6 Å². The molecule has 3 aromatic rings. The van der Waals surface area contributed by atoms with E-state index in [1.54, 1.807) is 11.3 Å². The van der Waals surface area contributed by atoms with Crippen LogP contribution >= 0.6 is 11.3 Å². The summed E-state index contributed by atoms with van der Waals surface area (Å²) in [5.74, 6) is -0.607. The predicted octanol–water partition coefficient (Wildman–Crippen LogP) is 4.95. The number of hydrogen-bond acceptors (Lipinski definition) is 4. The van der Waals surface area contributed by atoms with Gasteiger partial charge in [0.25, 0.3) is 5.56 Å². The zero-order valence-corrected chi connectivity index (χ0v) is 20.0. The highest BCUT2D eigenvalue weighted by molar-refractivity contribution is 7.15. The molecule has 2 aromatic heterocycles. The molecule has 3 N–H and O–H groups in total. The minimum absolute atomic E-state index is 0.0178. The SMILES string of the molecule is CCc1cc(-c2ccc(CNC(Cc3cc(F)cc(F)c3)C3CCNCC3)s2)c(C)[nH]c1=O. The molecule has 0 spiro atoms. The molecular weight excluding hydrogens is 440 g/mol. The lowest BCUT2D eigenvalue weighted by Gasteiger charge is -2.31. The van der Waals surface area contributed by atoms with Crippen LogP contribution in [0.2, 0.25) is 0 Å². The summed E-state index contributed by atoms with van der Waals surface area (Å²) in [7, 11) is 0. The fraction of sp³-hybridized carbons (Fsp3) is 0.423. The maximum Gasteiger partial charge on any atom is 0.251 e. The van der Waals surface area contributed by atoms with Crippen molar-refractivity contribution in [2.45, 2.75) is 52.1 Å². The summed E-state index contributed by atoms with van der Waals surface area (Å²) in [5.41, 5.74) is 3.39. The molecule has 0 amide bonds. The van der Waals surface area contributed by atoms with Crippen molar-refractivity contribution in [3.05, 3.63) is 80.1 Å². The summed E-state index contributed by atoms with van der Waals surface area (Å²) < 4.78 is 27.5. The summed E-state index contributed by atoms with van der Waals surface area (Å²) in [6.07, 6.45) is 3.38. The lowest BCUT2D eigenvalue weighted by molar-refractivity contribution is 0.276. The molecule has 0 radical (unpaired) electrons. The number of pyridine rings is 1. The van der Waals surface area contributed by atoms with Crippen LogP contribution in [0.25, 0.3) is 10.4 Å². The number of aryl methyl sites for hydroxylation is 2. The Kier molecular flexibility index (Phi) is 7.73. The summed E-state index contributed by atoms with van der Waals surface area (Å²) in [6, 6.07) is 10.1. The van der Waals surface area contributed by atoms with Crippen molar-refractivity contribution < 1.29 is 8.78 Å². The van der Waals surface area contributed by atoms with E-state index in [1.807, 2.05) is 19.9 Å². The molecule has 33 heavy (non-hydrogen) atoms. The van der Waals surface area contributed by atoms with E-state index in [0.717, 1.165) is 53.7 Å². The topological polar surface area (TPSA) is 56.9 Å². The highest BCUT2D eigenvalue weighted by Crippen LogP contribution is 2.30. The first-order valence-electron chi connectivity index (χ1n) is 11.6. The van der Waals surface area contributed by atoms with Crippen molar-refractivity contribution in [2.24, 2.45) is 5.92 Å². The zero-order chi connectivity index (χ0) is 23.4. The van der Waals surface area contributed by atoms with E-state index in [1.165, 1.54) is 17.0 Å². The average molecular weight is 472 g/mol. The molecule has 1 aliphatic heterocycles. The smallest absolute Gasteiger partial charge is 0.251 e. The van der Waals surface area contributed by atoms with E-state index in [-0.39, 0.29) is 11.6 Å². The Morgan fingerprint density at radius 3 is 2.55 bits per heavy atom. The molecule has 4 rings (SSSR count). The van der Waals surface area contributed by atoms with E-state index in [2.05, 4.69) is 27.8 Å². The van der Waals surface area contributed by atoms with Crippen molar-refractivity contribution in [1.82, 2.24) is 15.6 Å². The van der Waals surface area contributed by atoms with Crippen LogP contribution in [0.15, 0.2) is 41.2 Å². The lowest BCUT2D eigenvalue weighted by atomic mass is 9.86. The van der Waals surface area contributed by atoms with Crippen LogP contribution in [-0.4, -0.2) is 24.1 Å². The van der Waals surface area contributed by atoms with Gasteiger partial charge in [0.15, 0.2) is 0 Å². The number of nitrogens with one attached hydrogen (secondary N) is 3. The van der Waals surface area contributed by atoms with Crippen molar-refractivity contribution in [2.75, 3.05) is 13.1 Å².